The van der Waals surface area contributed by atoms with E-state index in [1.54, 1.807) is 4.31 Å². The molecule has 3 nitrogen and oxygen atoms in total. The van der Waals surface area contributed by atoms with Crippen LogP contribution < -0.4 is 0 Å². The lowest BCUT2D eigenvalue weighted by molar-refractivity contribution is 0.364. The standard InChI is InChI=1S/C10H20ClNO2S/c11-7-6-10-15(13,14)12-8-4-2-1-3-5-9-12/h1-10H2. The van der Waals surface area contributed by atoms with E-state index in [1.165, 1.54) is 6.42 Å². The zero-order chi connectivity index (χ0) is 11.1. The fourth-order valence-electron chi connectivity index (χ4n) is 1.86. The molecule has 1 rings (SSSR count). The number of rotatable bonds is 4. The first kappa shape index (κ1) is 13.3. The summed E-state index contributed by atoms with van der Waals surface area (Å²) in [5.41, 5.74) is 0. The van der Waals surface area contributed by atoms with Crippen LogP contribution >= 0.6 is 11.6 Å². The highest BCUT2D eigenvalue weighted by atomic mass is 35.5. The summed E-state index contributed by atoms with van der Waals surface area (Å²) in [4.78, 5) is 0. The van der Waals surface area contributed by atoms with Gasteiger partial charge in [0, 0.05) is 19.0 Å². The quantitative estimate of drug-likeness (QED) is 0.721. The predicted molar refractivity (Wildman–Crippen MR) is 63.8 cm³/mol. The Hall–Kier alpha value is 0.200. The lowest BCUT2D eigenvalue weighted by Gasteiger charge is -2.23. The molecule has 90 valence electrons. The van der Waals surface area contributed by atoms with Gasteiger partial charge in [0.25, 0.3) is 0 Å². The minimum absolute atomic E-state index is 0.205. The van der Waals surface area contributed by atoms with Gasteiger partial charge in [0.05, 0.1) is 5.75 Å². The van der Waals surface area contributed by atoms with E-state index in [0.717, 1.165) is 25.7 Å². The molecule has 1 heterocycles. The Balaban J connectivity index is 2.50. The highest BCUT2D eigenvalue weighted by Crippen LogP contribution is 2.14. The number of halogens is 1. The Labute approximate surface area is 97.8 Å². The van der Waals surface area contributed by atoms with Crippen LogP contribution in [0.25, 0.3) is 0 Å². The van der Waals surface area contributed by atoms with Gasteiger partial charge in [0.15, 0.2) is 0 Å². The molecule has 0 aromatic carbocycles. The molecule has 0 N–H and O–H groups in total. The van der Waals surface area contributed by atoms with Crippen LogP contribution in [0.1, 0.15) is 38.5 Å². The lowest BCUT2D eigenvalue weighted by atomic mass is 10.1. The Morgan fingerprint density at radius 2 is 1.53 bits per heavy atom. The van der Waals surface area contributed by atoms with Crippen LogP contribution in [0.5, 0.6) is 0 Å². The van der Waals surface area contributed by atoms with Crippen molar-refractivity contribution in [3.05, 3.63) is 0 Å². The zero-order valence-electron chi connectivity index (χ0n) is 9.12. The van der Waals surface area contributed by atoms with Crippen molar-refractivity contribution in [2.24, 2.45) is 0 Å². The molecule has 0 spiro atoms. The zero-order valence-corrected chi connectivity index (χ0v) is 10.7. The van der Waals surface area contributed by atoms with Crippen molar-refractivity contribution < 1.29 is 8.42 Å². The minimum atomic E-state index is -3.04. The largest absolute Gasteiger partial charge is 0.214 e. The summed E-state index contributed by atoms with van der Waals surface area (Å²) in [6.07, 6.45) is 6.11. The Morgan fingerprint density at radius 3 is 2.07 bits per heavy atom. The second-order valence-corrected chi connectivity index (χ2v) is 6.49. The van der Waals surface area contributed by atoms with Crippen molar-refractivity contribution in [2.45, 2.75) is 38.5 Å². The number of hydrogen-bond donors (Lipinski definition) is 0. The van der Waals surface area contributed by atoms with E-state index >= 15 is 0 Å². The Kier molecular flexibility index (Phi) is 5.94. The van der Waals surface area contributed by atoms with Crippen molar-refractivity contribution >= 4 is 21.6 Å². The maximum Gasteiger partial charge on any atom is 0.214 e. The first-order chi connectivity index (χ1) is 7.17. The van der Waals surface area contributed by atoms with Crippen LogP contribution in [0.4, 0.5) is 0 Å². The van der Waals surface area contributed by atoms with Crippen molar-refractivity contribution in [2.75, 3.05) is 24.7 Å². The highest BCUT2D eigenvalue weighted by Gasteiger charge is 2.21. The van der Waals surface area contributed by atoms with Gasteiger partial charge in [0.2, 0.25) is 10.0 Å². The summed E-state index contributed by atoms with van der Waals surface area (Å²) in [6.45, 7) is 1.40. The van der Waals surface area contributed by atoms with Gasteiger partial charge in [-0.2, -0.15) is 0 Å². The molecule has 0 bridgehead atoms. The maximum atomic E-state index is 11.9. The molecule has 0 atom stereocenters. The molecular formula is C10H20ClNO2S. The van der Waals surface area contributed by atoms with Crippen LogP contribution in [0, 0.1) is 0 Å². The summed E-state index contributed by atoms with van der Waals surface area (Å²) in [7, 11) is -3.04. The predicted octanol–water partition coefficient (Wildman–Crippen LogP) is 2.21. The van der Waals surface area contributed by atoms with Gasteiger partial charge in [-0.05, 0) is 19.3 Å². The first-order valence-electron chi connectivity index (χ1n) is 5.70. The summed E-state index contributed by atoms with van der Waals surface area (Å²) in [5, 5.41) is 0. The van der Waals surface area contributed by atoms with Crippen LogP contribution in [-0.2, 0) is 10.0 Å². The Bertz CT molecular complexity index is 259. The van der Waals surface area contributed by atoms with E-state index in [4.69, 9.17) is 11.6 Å². The molecule has 1 fully saturated rings. The molecule has 15 heavy (non-hydrogen) atoms. The van der Waals surface area contributed by atoms with Crippen molar-refractivity contribution in [1.82, 2.24) is 4.31 Å². The summed E-state index contributed by atoms with van der Waals surface area (Å²) in [6, 6.07) is 0. The molecule has 0 saturated carbocycles. The smallest absolute Gasteiger partial charge is 0.212 e. The molecule has 1 saturated heterocycles. The average Bonchev–Trinajstić information content (AvgIpc) is 2.13. The van der Waals surface area contributed by atoms with Crippen LogP contribution in [-0.4, -0.2) is 37.4 Å². The third-order valence-corrected chi connectivity index (χ3v) is 4.97. The highest BCUT2D eigenvalue weighted by molar-refractivity contribution is 7.89. The molecule has 0 unspecified atom stereocenters. The normalized spacial score (nSPS) is 20.9. The number of sulfonamides is 1. The second kappa shape index (κ2) is 6.71. The monoisotopic (exact) mass is 253 g/mol. The molecule has 1 aliphatic heterocycles. The van der Waals surface area contributed by atoms with Gasteiger partial charge < -0.3 is 0 Å². The van der Waals surface area contributed by atoms with Gasteiger partial charge in [-0.1, -0.05) is 19.3 Å². The summed E-state index contributed by atoms with van der Waals surface area (Å²) >= 11 is 5.52. The van der Waals surface area contributed by atoms with Gasteiger partial charge in [-0.3, -0.25) is 0 Å². The molecule has 0 aromatic rings. The number of hydrogen-bond acceptors (Lipinski definition) is 2. The Morgan fingerprint density at radius 1 is 1.00 bits per heavy atom. The van der Waals surface area contributed by atoms with E-state index in [2.05, 4.69) is 0 Å². The topological polar surface area (TPSA) is 37.4 Å². The van der Waals surface area contributed by atoms with Crippen molar-refractivity contribution in [3.63, 3.8) is 0 Å². The molecule has 5 heteroatoms. The minimum Gasteiger partial charge on any atom is -0.212 e. The third kappa shape index (κ3) is 4.70. The van der Waals surface area contributed by atoms with E-state index in [0.29, 0.717) is 25.4 Å². The van der Waals surface area contributed by atoms with Crippen LogP contribution in [0.2, 0.25) is 0 Å². The van der Waals surface area contributed by atoms with E-state index in [9.17, 15) is 8.42 Å². The SMILES string of the molecule is O=S(=O)(CCCCl)N1CCCCCCC1. The molecule has 0 amide bonds. The van der Waals surface area contributed by atoms with E-state index < -0.39 is 10.0 Å². The van der Waals surface area contributed by atoms with Crippen molar-refractivity contribution in [1.29, 1.82) is 0 Å². The molecule has 0 aromatic heterocycles. The first-order valence-corrected chi connectivity index (χ1v) is 7.85. The maximum absolute atomic E-state index is 11.9. The molecule has 0 aliphatic carbocycles. The van der Waals surface area contributed by atoms with Crippen LogP contribution in [0.3, 0.4) is 0 Å². The van der Waals surface area contributed by atoms with Gasteiger partial charge >= 0.3 is 0 Å². The third-order valence-electron chi connectivity index (χ3n) is 2.74. The van der Waals surface area contributed by atoms with Crippen LogP contribution in [0.15, 0.2) is 0 Å². The number of nitrogens with zero attached hydrogens (tertiary/aromatic N) is 1. The average molecular weight is 254 g/mol. The van der Waals surface area contributed by atoms with E-state index in [-0.39, 0.29) is 5.75 Å². The van der Waals surface area contributed by atoms with Gasteiger partial charge in [0.1, 0.15) is 0 Å². The summed E-state index contributed by atoms with van der Waals surface area (Å²) < 4.78 is 25.4. The fraction of sp³-hybridized carbons (Fsp3) is 1.00. The lowest BCUT2D eigenvalue weighted by Crippen LogP contribution is -2.35. The second-order valence-electron chi connectivity index (χ2n) is 4.03. The molecular weight excluding hydrogens is 234 g/mol. The van der Waals surface area contributed by atoms with Gasteiger partial charge in [-0.25, -0.2) is 12.7 Å². The number of alkyl halides is 1. The summed E-state index contributed by atoms with van der Waals surface area (Å²) in [5.74, 6) is 0.629. The fourth-order valence-corrected chi connectivity index (χ4v) is 3.74. The van der Waals surface area contributed by atoms with E-state index in [1.807, 2.05) is 0 Å². The van der Waals surface area contributed by atoms with Gasteiger partial charge in [-0.15, -0.1) is 11.6 Å². The van der Waals surface area contributed by atoms with Crippen molar-refractivity contribution in [3.8, 4) is 0 Å². The molecule has 0 radical (unpaired) electrons. The molecule has 1 aliphatic rings.